The van der Waals surface area contributed by atoms with Crippen molar-refractivity contribution in [2.24, 2.45) is 4.99 Å². The molecule has 6 heteroatoms. The van der Waals surface area contributed by atoms with Gasteiger partial charge in [0.05, 0.1) is 4.92 Å². The summed E-state index contributed by atoms with van der Waals surface area (Å²) in [5.41, 5.74) is 1.75. The molecule has 0 aromatic heterocycles. The largest absolute Gasteiger partial charge is 0.310 e. The summed E-state index contributed by atoms with van der Waals surface area (Å²) in [5.74, 6) is -0.0144. The lowest BCUT2D eigenvalue weighted by molar-refractivity contribution is -0.384. The van der Waals surface area contributed by atoms with Gasteiger partial charge in [-0.15, -0.1) is 0 Å². The van der Waals surface area contributed by atoms with E-state index < -0.39 is 4.92 Å². The molecule has 0 unspecified atom stereocenters. The van der Waals surface area contributed by atoms with E-state index >= 15 is 0 Å². The molecule has 1 N–H and O–H groups in total. The Morgan fingerprint density at radius 1 is 1.08 bits per heavy atom. The SMILES string of the molecule is CC(=Nc1ccccc1[N+](=O)[O-])NC(=O)c1ccc(C(C)(C)C)cc1. The normalized spacial score (nSPS) is 11.9. The highest BCUT2D eigenvalue weighted by Gasteiger charge is 2.15. The van der Waals surface area contributed by atoms with Gasteiger partial charge in [0.1, 0.15) is 11.5 Å². The fourth-order valence-corrected chi connectivity index (χ4v) is 2.28. The first-order valence-electron chi connectivity index (χ1n) is 7.89. The van der Waals surface area contributed by atoms with E-state index in [2.05, 4.69) is 31.1 Å². The second-order valence-corrected chi connectivity index (χ2v) is 6.72. The summed E-state index contributed by atoms with van der Waals surface area (Å²) in [6.45, 7) is 7.90. The molecule has 0 atom stereocenters. The third kappa shape index (κ3) is 4.73. The summed E-state index contributed by atoms with van der Waals surface area (Å²) in [7, 11) is 0. The van der Waals surface area contributed by atoms with Crippen molar-refractivity contribution in [1.82, 2.24) is 5.32 Å². The molecule has 0 fully saturated rings. The van der Waals surface area contributed by atoms with E-state index in [-0.39, 0.29) is 22.7 Å². The number of para-hydroxylation sites is 2. The third-order valence-electron chi connectivity index (χ3n) is 3.67. The van der Waals surface area contributed by atoms with E-state index in [1.165, 1.54) is 12.1 Å². The number of nitrogens with one attached hydrogen (secondary N) is 1. The van der Waals surface area contributed by atoms with E-state index in [1.54, 1.807) is 31.2 Å². The van der Waals surface area contributed by atoms with Crippen molar-refractivity contribution in [1.29, 1.82) is 0 Å². The second-order valence-electron chi connectivity index (χ2n) is 6.72. The molecular formula is C19H21N3O3. The van der Waals surface area contributed by atoms with Gasteiger partial charge in [-0.25, -0.2) is 4.99 Å². The quantitative estimate of drug-likeness (QED) is 0.390. The van der Waals surface area contributed by atoms with Crippen molar-refractivity contribution >= 4 is 23.1 Å². The zero-order chi connectivity index (χ0) is 18.6. The minimum atomic E-state index is -0.501. The van der Waals surface area contributed by atoms with Crippen molar-refractivity contribution in [3.8, 4) is 0 Å². The van der Waals surface area contributed by atoms with E-state index in [0.717, 1.165) is 5.56 Å². The number of carbonyl (C=O) groups is 1. The van der Waals surface area contributed by atoms with Crippen LogP contribution in [0.4, 0.5) is 11.4 Å². The number of hydrogen-bond donors (Lipinski definition) is 1. The van der Waals surface area contributed by atoms with Crippen LogP contribution in [0, 0.1) is 10.1 Å². The number of rotatable bonds is 3. The van der Waals surface area contributed by atoms with Gasteiger partial charge in [-0.2, -0.15) is 0 Å². The number of aliphatic imine (C=N–C) groups is 1. The third-order valence-corrected chi connectivity index (χ3v) is 3.67. The van der Waals surface area contributed by atoms with Crippen LogP contribution in [0.15, 0.2) is 53.5 Å². The topological polar surface area (TPSA) is 84.6 Å². The number of nitrogens with zero attached hydrogens (tertiary/aromatic N) is 2. The first-order valence-corrected chi connectivity index (χ1v) is 7.89. The molecule has 6 nitrogen and oxygen atoms in total. The second kappa shape index (κ2) is 7.25. The van der Waals surface area contributed by atoms with Gasteiger partial charge in [-0.05, 0) is 36.1 Å². The molecule has 130 valence electrons. The lowest BCUT2D eigenvalue weighted by Crippen LogP contribution is -2.28. The van der Waals surface area contributed by atoms with Crippen molar-refractivity contribution in [3.63, 3.8) is 0 Å². The molecule has 0 saturated heterocycles. The minimum Gasteiger partial charge on any atom is -0.310 e. The van der Waals surface area contributed by atoms with Crippen LogP contribution < -0.4 is 5.32 Å². The van der Waals surface area contributed by atoms with Crippen LogP contribution in [0.3, 0.4) is 0 Å². The molecule has 2 aromatic carbocycles. The minimum absolute atomic E-state index is 0.0125. The lowest BCUT2D eigenvalue weighted by atomic mass is 9.87. The Morgan fingerprint density at radius 2 is 1.68 bits per heavy atom. The number of hydrogen-bond acceptors (Lipinski definition) is 4. The molecule has 0 bridgehead atoms. The summed E-state index contributed by atoms with van der Waals surface area (Å²) in [5, 5.41) is 13.7. The van der Waals surface area contributed by atoms with E-state index in [4.69, 9.17) is 0 Å². The van der Waals surface area contributed by atoms with Gasteiger partial charge >= 0.3 is 0 Å². The summed E-state index contributed by atoms with van der Waals surface area (Å²) in [6.07, 6.45) is 0. The Balaban J connectivity index is 2.16. The number of nitro groups is 1. The van der Waals surface area contributed by atoms with E-state index in [1.807, 2.05) is 12.1 Å². The van der Waals surface area contributed by atoms with Gasteiger partial charge in [-0.1, -0.05) is 45.0 Å². The van der Waals surface area contributed by atoms with E-state index in [0.29, 0.717) is 11.4 Å². The van der Waals surface area contributed by atoms with Crippen LogP contribution in [0.2, 0.25) is 0 Å². The van der Waals surface area contributed by atoms with Gasteiger partial charge < -0.3 is 5.32 Å². The fourth-order valence-electron chi connectivity index (χ4n) is 2.28. The Morgan fingerprint density at radius 3 is 2.24 bits per heavy atom. The molecule has 0 aliphatic heterocycles. The maximum Gasteiger partial charge on any atom is 0.294 e. The maximum atomic E-state index is 12.3. The number of amides is 1. The average Bonchev–Trinajstić information content (AvgIpc) is 2.54. The van der Waals surface area contributed by atoms with Crippen molar-refractivity contribution in [2.45, 2.75) is 33.1 Å². The van der Waals surface area contributed by atoms with Gasteiger partial charge in [0.25, 0.3) is 11.6 Å². The molecule has 0 radical (unpaired) electrons. The number of benzene rings is 2. The molecule has 2 aromatic rings. The molecule has 0 aliphatic carbocycles. The van der Waals surface area contributed by atoms with Crippen molar-refractivity contribution in [3.05, 3.63) is 69.8 Å². The Hall–Kier alpha value is -3.02. The van der Waals surface area contributed by atoms with Crippen LogP contribution in [0.1, 0.15) is 43.6 Å². The molecule has 2 rings (SSSR count). The van der Waals surface area contributed by atoms with Crippen LogP contribution in [-0.4, -0.2) is 16.7 Å². The van der Waals surface area contributed by atoms with Crippen molar-refractivity contribution < 1.29 is 9.72 Å². The molecule has 0 aliphatic rings. The van der Waals surface area contributed by atoms with Crippen LogP contribution in [0.5, 0.6) is 0 Å². The highest BCUT2D eigenvalue weighted by molar-refractivity contribution is 6.06. The first-order chi connectivity index (χ1) is 11.7. The van der Waals surface area contributed by atoms with Gasteiger partial charge in [0.2, 0.25) is 0 Å². The van der Waals surface area contributed by atoms with Crippen LogP contribution >= 0.6 is 0 Å². The molecule has 0 spiro atoms. The predicted octanol–water partition coefficient (Wildman–Crippen LogP) is 4.37. The van der Waals surface area contributed by atoms with Gasteiger partial charge in [0, 0.05) is 11.6 Å². The highest BCUT2D eigenvalue weighted by atomic mass is 16.6. The maximum absolute atomic E-state index is 12.3. The first kappa shape index (κ1) is 18.3. The summed E-state index contributed by atoms with van der Waals surface area (Å²) in [4.78, 5) is 27.0. The fraction of sp³-hybridized carbons (Fsp3) is 0.263. The molecule has 25 heavy (non-hydrogen) atoms. The molecule has 0 heterocycles. The van der Waals surface area contributed by atoms with Crippen LogP contribution in [-0.2, 0) is 5.41 Å². The molecular weight excluding hydrogens is 318 g/mol. The van der Waals surface area contributed by atoms with Crippen molar-refractivity contribution in [2.75, 3.05) is 0 Å². The summed E-state index contributed by atoms with van der Waals surface area (Å²) >= 11 is 0. The molecule has 0 saturated carbocycles. The summed E-state index contributed by atoms with van der Waals surface area (Å²) in [6, 6.07) is 13.5. The average molecular weight is 339 g/mol. The van der Waals surface area contributed by atoms with E-state index in [9.17, 15) is 14.9 Å². The molecule has 1 amide bonds. The monoisotopic (exact) mass is 339 g/mol. The smallest absolute Gasteiger partial charge is 0.294 e. The summed E-state index contributed by atoms with van der Waals surface area (Å²) < 4.78 is 0. The Kier molecular flexibility index (Phi) is 5.32. The number of nitro benzene ring substituents is 1. The lowest BCUT2D eigenvalue weighted by Gasteiger charge is -2.19. The number of amidine groups is 1. The Labute approximate surface area is 146 Å². The zero-order valence-corrected chi connectivity index (χ0v) is 14.7. The predicted molar refractivity (Wildman–Crippen MR) is 98.5 cm³/mol. The number of carbonyl (C=O) groups excluding carboxylic acids is 1. The Bertz CT molecular complexity index is 819. The standard InChI is InChI=1S/C19H21N3O3/c1-13(20-16-7-5-6-8-17(16)22(24)25)21-18(23)14-9-11-15(12-10-14)19(2,3)4/h5-12H,1-4H3,(H,20,21,23). The van der Waals surface area contributed by atoms with Gasteiger partial charge in [0.15, 0.2) is 0 Å². The highest BCUT2D eigenvalue weighted by Crippen LogP contribution is 2.26. The van der Waals surface area contributed by atoms with Crippen LogP contribution in [0.25, 0.3) is 0 Å². The zero-order valence-electron chi connectivity index (χ0n) is 14.7. The van der Waals surface area contributed by atoms with Gasteiger partial charge in [-0.3, -0.25) is 14.9 Å².